The molecule has 1 atom stereocenters. The molecule has 2 rings (SSSR count). The SMILES string of the molecule is [2H]c1nc([2H])c([C@H]2CCCCN2N=O)c([2H])c1[2H]. The second kappa shape index (κ2) is 4.17. The molecule has 1 aliphatic heterocycles. The summed E-state index contributed by atoms with van der Waals surface area (Å²) in [5.41, 5.74) is 0.232. The Balaban J connectivity index is 2.49. The first-order valence-electron chi connectivity index (χ1n) is 6.60. The fourth-order valence-corrected chi connectivity index (χ4v) is 1.70. The van der Waals surface area contributed by atoms with Crippen LogP contribution in [0.3, 0.4) is 0 Å². The van der Waals surface area contributed by atoms with Crippen LogP contribution in [0.2, 0.25) is 0 Å². The fourth-order valence-electron chi connectivity index (χ4n) is 1.70. The van der Waals surface area contributed by atoms with E-state index in [0.717, 1.165) is 12.8 Å². The second-order valence-corrected chi connectivity index (χ2v) is 3.26. The van der Waals surface area contributed by atoms with Crippen LogP contribution in [0, 0.1) is 4.91 Å². The zero-order valence-corrected chi connectivity index (χ0v) is 7.66. The summed E-state index contributed by atoms with van der Waals surface area (Å²) in [5, 5.41) is 4.23. The van der Waals surface area contributed by atoms with E-state index in [9.17, 15) is 4.91 Å². The van der Waals surface area contributed by atoms with Crippen molar-refractivity contribution in [3.63, 3.8) is 0 Å². The van der Waals surface area contributed by atoms with Gasteiger partial charge in [0, 0.05) is 18.9 Å². The molecule has 74 valence electrons. The van der Waals surface area contributed by atoms with Gasteiger partial charge in [-0.1, -0.05) is 6.04 Å². The number of pyridine rings is 1. The van der Waals surface area contributed by atoms with Gasteiger partial charge in [-0.25, -0.2) is 0 Å². The molecule has 0 bridgehead atoms. The molecule has 4 heteroatoms. The van der Waals surface area contributed by atoms with Gasteiger partial charge in [-0.15, -0.1) is 4.91 Å². The molecular formula is C10H13N3O. The summed E-state index contributed by atoms with van der Waals surface area (Å²) >= 11 is 0. The number of piperidine rings is 1. The maximum Gasteiger partial charge on any atom is 0.0844 e. The summed E-state index contributed by atoms with van der Waals surface area (Å²) < 4.78 is 30.5. The van der Waals surface area contributed by atoms with Gasteiger partial charge in [-0.2, -0.15) is 0 Å². The second-order valence-electron chi connectivity index (χ2n) is 3.26. The van der Waals surface area contributed by atoms with E-state index in [1.54, 1.807) is 0 Å². The van der Waals surface area contributed by atoms with Crippen molar-refractivity contribution in [3.8, 4) is 0 Å². The van der Waals surface area contributed by atoms with E-state index in [1.807, 2.05) is 0 Å². The van der Waals surface area contributed by atoms with Crippen LogP contribution < -0.4 is 0 Å². The Hall–Kier alpha value is -1.45. The van der Waals surface area contributed by atoms with Gasteiger partial charge in [0.05, 0.1) is 16.8 Å². The summed E-state index contributed by atoms with van der Waals surface area (Å²) in [5.74, 6) is 0. The summed E-state index contributed by atoms with van der Waals surface area (Å²) in [6.45, 7) is 0.489. The lowest BCUT2D eigenvalue weighted by atomic mass is 9.98. The smallest absolute Gasteiger partial charge is 0.0844 e. The van der Waals surface area contributed by atoms with Gasteiger partial charge in [-0.05, 0) is 30.9 Å². The normalized spacial score (nSPS) is 26.0. The molecule has 0 spiro atoms. The highest BCUT2D eigenvalue weighted by Crippen LogP contribution is 2.30. The molecule has 0 radical (unpaired) electrons. The van der Waals surface area contributed by atoms with Crippen LogP contribution in [0.4, 0.5) is 0 Å². The Morgan fingerprint density at radius 1 is 1.64 bits per heavy atom. The first-order valence-corrected chi connectivity index (χ1v) is 4.60. The molecule has 0 aliphatic carbocycles. The number of nitrogens with zero attached hydrogens (tertiary/aromatic N) is 3. The summed E-state index contributed by atoms with van der Waals surface area (Å²) in [6.07, 6.45) is 1.75. The number of aromatic nitrogens is 1. The molecule has 1 aliphatic rings. The van der Waals surface area contributed by atoms with Gasteiger partial charge in [0.25, 0.3) is 0 Å². The molecular weight excluding hydrogens is 178 g/mol. The predicted octanol–water partition coefficient (Wildman–Crippen LogP) is 2.29. The van der Waals surface area contributed by atoms with Crippen molar-refractivity contribution < 1.29 is 5.48 Å². The van der Waals surface area contributed by atoms with Crippen LogP contribution >= 0.6 is 0 Å². The highest BCUT2D eigenvalue weighted by molar-refractivity contribution is 5.14. The molecule has 0 amide bonds. The third-order valence-corrected chi connectivity index (χ3v) is 2.40. The van der Waals surface area contributed by atoms with Crippen molar-refractivity contribution in [2.75, 3.05) is 6.54 Å². The molecule has 0 unspecified atom stereocenters. The Morgan fingerprint density at radius 2 is 2.57 bits per heavy atom. The van der Waals surface area contributed by atoms with Crippen LogP contribution in [0.25, 0.3) is 0 Å². The third-order valence-electron chi connectivity index (χ3n) is 2.40. The van der Waals surface area contributed by atoms with Crippen molar-refractivity contribution in [2.45, 2.75) is 25.3 Å². The van der Waals surface area contributed by atoms with E-state index < -0.39 is 6.04 Å². The molecule has 1 aromatic rings. The molecule has 0 saturated carbocycles. The third kappa shape index (κ3) is 1.73. The number of rotatable bonds is 2. The molecule has 1 saturated heterocycles. The van der Waals surface area contributed by atoms with E-state index in [1.165, 1.54) is 5.01 Å². The van der Waals surface area contributed by atoms with Gasteiger partial charge < -0.3 is 0 Å². The largest absolute Gasteiger partial charge is 0.264 e. The lowest BCUT2D eigenvalue weighted by molar-refractivity contribution is 0.152. The molecule has 0 aromatic carbocycles. The fraction of sp³-hybridized carbons (Fsp3) is 0.500. The molecule has 1 fully saturated rings. The van der Waals surface area contributed by atoms with Crippen LogP contribution in [0.1, 0.15) is 36.4 Å². The van der Waals surface area contributed by atoms with E-state index in [0.29, 0.717) is 13.0 Å². The van der Waals surface area contributed by atoms with Gasteiger partial charge >= 0.3 is 0 Å². The van der Waals surface area contributed by atoms with E-state index in [-0.39, 0.29) is 30.0 Å². The van der Waals surface area contributed by atoms with E-state index in [2.05, 4.69) is 10.3 Å². The Morgan fingerprint density at radius 3 is 3.43 bits per heavy atom. The van der Waals surface area contributed by atoms with Crippen LogP contribution in [-0.2, 0) is 0 Å². The summed E-state index contributed by atoms with van der Waals surface area (Å²) in [4.78, 5) is 14.4. The van der Waals surface area contributed by atoms with Gasteiger partial charge in [0.15, 0.2) is 0 Å². The van der Waals surface area contributed by atoms with Gasteiger partial charge in [0.1, 0.15) is 0 Å². The molecule has 1 aromatic heterocycles. The van der Waals surface area contributed by atoms with Crippen LogP contribution in [0.5, 0.6) is 0 Å². The minimum absolute atomic E-state index is 0.194. The minimum atomic E-state index is -0.464. The monoisotopic (exact) mass is 195 g/mol. The van der Waals surface area contributed by atoms with Crippen molar-refractivity contribution in [1.82, 2.24) is 9.99 Å². The Bertz CT molecular complexity index is 483. The summed E-state index contributed by atoms with van der Waals surface area (Å²) in [6, 6.07) is -0.966. The zero-order valence-electron chi connectivity index (χ0n) is 11.7. The van der Waals surface area contributed by atoms with Crippen LogP contribution in [-0.4, -0.2) is 16.5 Å². The van der Waals surface area contributed by atoms with Crippen LogP contribution in [0.15, 0.2) is 29.7 Å². The van der Waals surface area contributed by atoms with Crippen molar-refractivity contribution >= 4 is 0 Å². The Labute approximate surface area is 88.5 Å². The predicted molar refractivity (Wildman–Crippen MR) is 53.3 cm³/mol. The molecule has 2 heterocycles. The van der Waals surface area contributed by atoms with E-state index in [4.69, 9.17) is 5.48 Å². The zero-order chi connectivity index (χ0) is 13.3. The maximum absolute atomic E-state index is 10.8. The number of hydrogen-bond donors (Lipinski definition) is 0. The van der Waals surface area contributed by atoms with Gasteiger partial charge in [-0.3, -0.25) is 9.99 Å². The molecule has 14 heavy (non-hydrogen) atoms. The maximum atomic E-state index is 10.8. The highest BCUT2D eigenvalue weighted by Gasteiger charge is 2.23. The quantitative estimate of drug-likeness (QED) is 0.680. The number of nitroso groups, excluding NO2 is 1. The average Bonchev–Trinajstić information content (AvgIpc) is 2.37. The topological polar surface area (TPSA) is 45.6 Å². The van der Waals surface area contributed by atoms with Crippen molar-refractivity contribution in [1.29, 1.82) is 0 Å². The highest BCUT2D eigenvalue weighted by atomic mass is 16.3. The van der Waals surface area contributed by atoms with Crippen molar-refractivity contribution in [2.24, 2.45) is 5.29 Å². The average molecular weight is 195 g/mol. The number of hydrogen-bond acceptors (Lipinski definition) is 3. The standard InChI is InChI=1S/C10H13N3O/c14-12-13-7-2-1-5-10(13)9-4-3-6-11-8-9/h3-4,6,8,10H,1-2,5,7H2/t10-/m1/s1/i3D,4D,6D,8D. The summed E-state index contributed by atoms with van der Waals surface area (Å²) in [7, 11) is 0. The Kier molecular flexibility index (Phi) is 1.62. The first-order chi connectivity index (χ1) is 8.56. The molecule has 0 N–H and O–H groups in total. The first kappa shape index (κ1) is 5.44. The van der Waals surface area contributed by atoms with Crippen molar-refractivity contribution in [3.05, 3.63) is 34.9 Å². The van der Waals surface area contributed by atoms with Gasteiger partial charge in [0.2, 0.25) is 0 Å². The van der Waals surface area contributed by atoms with E-state index >= 15 is 0 Å². The lowest BCUT2D eigenvalue weighted by Crippen LogP contribution is -2.28. The minimum Gasteiger partial charge on any atom is -0.264 e. The molecule has 4 nitrogen and oxygen atoms in total. The lowest BCUT2D eigenvalue weighted by Gasteiger charge is -2.30.